The minimum atomic E-state index is -0.0442. The maximum atomic E-state index is 12.1. The van der Waals surface area contributed by atoms with Crippen molar-refractivity contribution in [3.63, 3.8) is 0 Å². The summed E-state index contributed by atoms with van der Waals surface area (Å²) in [6.45, 7) is 6.58. The average Bonchev–Trinajstić information content (AvgIpc) is 2.99. The number of thioether (sulfide) groups is 1. The number of anilines is 1. The van der Waals surface area contributed by atoms with Crippen LogP contribution in [0.4, 0.5) is 5.13 Å². The molecule has 1 amide bonds. The third-order valence-corrected chi connectivity index (χ3v) is 5.00. The molecule has 0 unspecified atom stereocenters. The zero-order chi connectivity index (χ0) is 17.9. The second-order valence-corrected chi connectivity index (χ2v) is 6.88. The molecule has 0 atom stereocenters. The average molecular weight is 366 g/mol. The number of aromatic nitrogens is 1. The first-order valence-electron chi connectivity index (χ1n) is 8.27. The van der Waals surface area contributed by atoms with E-state index in [0.717, 1.165) is 29.0 Å². The molecule has 0 saturated heterocycles. The number of rotatable bonds is 7. The van der Waals surface area contributed by atoms with Crippen LogP contribution >= 0.6 is 23.1 Å². The van der Waals surface area contributed by atoms with E-state index in [9.17, 15) is 4.79 Å². The predicted octanol–water partition coefficient (Wildman–Crippen LogP) is 4.48. The largest absolute Gasteiger partial charge is 0.326 e. The first kappa shape index (κ1) is 20.7. The van der Waals surface area contributed by atoms with Crippen molar-refractivity contribution in [2.24, 2.45) is 5.73 Å². The lowest BCUT2D eigenvalue weighted by Gasteiger charge is -2.03. The van der Waals surface area contributed by atoms with Gasteiger partial charge >= 0.3 is 0 Å². The normalized spacial score (nSPS) is 10.0. The van der Waals surface area contributed by atoms with Crippen LogP contribution in [0, 0.1) is 0 Å². The van der Waals surface area contributed by atoms with Crippen LogP contribution in [-0.2, 0) is 24.2 Å². The van der Waals surface area contributed by atoms with Crippen molar-refractivity contribution >= 4 is 34.1 Å². The summed E-state index contributed by atoms with van der Waals surface area (Å²) in [5.74, 6) is -0.0442. The van der Waals surface area contributed by atoms with E-state index in [-0.39, 0.29) is 5.91 Å². The summed E-state index contributed by atoms with van der Waals surface area (Å²) < 4.78 is 0. The highest BCUT2D eigenvalue weighted by Crippen LogP contribution is 2.24. The molecule has 0 aliphatic rings. The van der Waals surface area contributed by atoms with Gasteiger partial charge < -0.3 is 11.1 Å². The molecular formula is C18H27N3OS2. The number of nitrogens with zero attached hydrogens (tertiary/aromatic N) is 1. The first-order valence-corrected chi connectivity index (χ1v) is 10.3. The van der Waals surface area contributed by atoms with E-state index in [1.807, 2.05) is 44.4 Å². The van der Waals surface area contributed by atoms with Gasteiger partial charge in [-0.1, -0.05) is 39.3 Å². The van der Waals surface area contributed by atoms with Crippen LogP contribution in [0.25, 0.3) is 0 Å². The molecule has 0 radical (unpaired) electrons. The fourth-order valence-corrected chi connectivity index (χ4v) is 3.43. The van der Waals surface area contributed by atoms with E-state index in [4.69, 9.17) is 5.73 Å². The third kappa shape index (κ3) is 6.26. The van der Waals surface area contributed by atoms with Gasteiger partial charge in [0, 0.05) is 16.3 Å². The summed E-state index contributed by atoms with van der Waals surface area (Å²) in [7, 11) is 0. The molecular weight excluding hydrogens is 338 g/mol. The summed E-state index contributed by atoms with van der Waals surface area (Å²) in [4.78, 5) is 18.9. The summed E-state index contributed by atoms with van der Waals surface area (Å²) in [6, 6.07) is 8.04. The summed E-state index contributed by atoms with van der Waals surface area (Å²) in [5, 5.41) is 3.53. The fourth-order valence-electron chi connectivity index (χ4n) is 2.12. The van der Waals surface area contributed by atoms with Crippen LogP contribution in [0.15, 0.2) is 29.2 Å². The Morgan fingerprint density at radius 2 is 1.96 bits per heavy atom. The van der Waals surface area contributed by atoms with Gasteiger partial charge in [0.25, 0.3) is 0 Å². The lowest BCUT2D eigenvalue weighted by molar-refractivity contribution is -0.115. The van der Waals surface area contributed by atoms with E-state index in [2.05, 4.69) is 17.2 Å². The van der Waals surface area contributed by atoms with Crippen LogP contribution < -0.4 is 11.1 Å². The Kier molecular flexibility index (Phi) is 9.67. The molecule has 0 saturated carbocycles. The van der Waals surface area contributed by atoms with Crippen LogP contribution in [0.1, 0.15) is 43.3 Å². The second kappa shape index (κ2) is 11.2. The third-order valence-electron chi connectivity index (χ3n) is 3.22. The maximum absolute atomic E-state index is 12.1. The standard InChI is InChI=1S/C16H21N3OS2.C2H6/c1-3-4-13-14(10-17)22-16(18-13)19-15(20)9-11-5-7-12(21-2)8-6-11;1-2/h5-8H,3-4,9-10,17H2,1-2H3,(H,18,19,20);1-2H3. The Bertz CT molecular complexity index is 624. The predicted molar refractivity (Wildman–Crippen MR) is 106 cm³/mol. The van der Waals surface area contributed by atoms with Gasteiger partial charge in [0.1, 0.15) is 0 Å². The number of hydrogen-bond acceptors (Lipinski definition) is 5. The fraction of sp³-hybridized carbons (Fsp3) is 0.444. The highest BCUT2D eigenvalue weighted by molar-refractivity contribution is 7.98. The van der Waals surface area contributed by atoms with Crippen molar-refractivity contribution in [1.29, 1.82) is 0 Å². The van der Waals surface area contributed by atoms with Crippen LogP contribution in [0.2, 0.25) is 0 Å². The summed E-state index contributed by atoms with van der Waals surface area (Å²) >= 11 is 3.16. The molecule has 1 aromatic heterocycles. The maximum Gasteiger partial charge on any atom is 0.230 e. The van der Waals surface area contributed by atoms with Gasteiger partial charge in [-0.15, -0.1) is 23.1 Å². The highest BCUT2D eigenvalue weighted by Gasteiger charge is 2.12. The Balaban J connectivity index is 0.00000139. The minimum Gasteiger partial charge on any atom is -0.326 e. The number of amides is 1. The quantitative estimate of drug-likeness (QED) is 0.710. The molecule has 0 bridgehead atoms. The molecule has 1 heterocycles. The molecule has 6 heteroatoms. The monoisotopic (exact) mass is 365 g/mol. The Hall–Kier alpha value is -1.37. The van der Waals surface area contributed by atoms with E-state index in [0.29, 0.717) is 18.1 Å². The smallest absolute Gasteiger partial charge is 0.230 e. The number of nitrogens with two attached hydrogens (primary N) is 1. The Morgan fingerprint density at radius 1 is 1.29 bits per heavy atom. The van der Waals surface area contributed by atoms with Gasteiger partial charge in [-0.25, -0.2) is 4.98 Å². The zero-order valence-corrected chi connectivity index (χ0v) is 16.5. The van der Waals surface area contributed by atoms with Crippen molar-refractivity contribution in [3.8, 4) is 0 Å². The number of benzene rings is 1. The zero-order valence-electron chi connectivity index (χ0n) is 14.9. The second-order valence-electron chi connectivity index (χ2n) is 4.92. The van der Waals surface area contributed by atoms with Crippen molar-refractivity contribution in [2.45, 2.75) is 51.5 Å². The van der Waals surface area contributed by atoms with Gasteiger partial charge in [-0.05, 0) is 30.4 Å². The first-order chi connectivity index (χ1) is 11.7. The number of carbonyl (C=O) groups excluding carboxylic acids is 1. The van der Waals surface area contributed by atoms with Gasteiger partial charge in [0.15, 0.2) is 5.13 Å². The number of thiazole rings is 1. The molecule has 0 aliphatic carbocycles. The van der Waals surface area contributed by atoms with Crippen molar-refractivity contribution in [3.05, 3.63) is 40.4 Å². The molecule has 4 nitrogen and oxygen atoms in total. The summed E-state index contributed by atoms with van der Waals surface area (Å²) in [5.41, 5.74) is 7.74. The van der Waals surface area contributed by atoms with Crippen molar-refractivity contribution in [1.82, 2.24) is 4.98 Å². The molecule has 1 aromatic carbocycles. The molecule has 2 rings (SSSR count). The van der Waals surface area contributed by atoms with Gasteiger partial charge in [-0.2, -0.15) is 0 Å². The molecule has 0 aliphatic heterocycles. The van der Waals surface area contributed by atoms with Gasteiger partial charge in [0.05, 0.1) is 12.1 Å². The van der Waals surface area contributed by atoms with E-state index < -0.39 is 0 Å². The molecule has 0 spiro atoms. The van der Waals surface area contributed by atoms with Crippen molar-refractivity contribution in [2.75, 3.05) is 11.6 Å². The lowest BCUT2D eigenvalue weighted by Crippen LogP contribution is -2.14. The SMILES string of the molecule is CC.CCCc1nc(NC(=O)Cc2ccc(SC)cc2)sc1CN. The minimum absolute atomic E-state index is 0.0442. The molecule has 24 heavy (non-hydrogen) atoms. The highest BCUT2D eigenvalue weighted by atomic mass is 32.2. The molecule has 132 valence electrons. The summed E-state index contributed by atoms with van der Waals surface area (Å²) in [6.07, 6.45) is 4.31. The number of nitrogens with one attached hydrogen (secondary N) is 1. The molecule has 0 fully saturated rings. The van der Waals surface area contributed by atoms with Crippen molar-refractivity contribution < 1.29 is 4.79 Å². The molecule has 3 N–H and O–H groups in total. The van der Waals surface area contributed by atoms with E-state index in [1.165, 1.54) is 16.2 Å². The van der Waals surface area contributed by atoms with Crippen LogP contribution in [0.5, 0.6) is 0 Å². The number of hydrogen-bond donors (Lipinski definition) is 2. The van der Waals surface area contributed by atoms with E-state index in [1.54, 1.807) is 11.8 Å². The topological polar surface area (TPSA) is 68.0 Å². The Labute approximate surface area is 153 Å². The van der Waals surface area contributed by atoms with Crippen LogP contribution in [0.3, 0.4) is 0 Å². The number of aryl methyl sites for hydroxylation is 1. The van der Waals surface area contributed by atoms with Gasteiger partial charge in [0.2, 0.25) is 5.91 Å². The lowest BCUT2D eigenvalue weighted by atomic mass is 10.1. The number of carbonyl (C=O) groups is 1. The van der Waals surface area contributed by atoms with Crippen LogP contribution in [-0.4, -0.2) is 17.1 Å². The van der Waals surface area contributed by atoms with E-state index >= 15 is 0 Å². The Morgan fingerprint density at radius 3 is 2.50 bits per heavy atom. The van der Waals surface area contributed by atoms with Gasteiger partial charge in [-0.3, -0.25) is 4.79 Å². The molecule has 2 aromatic rings.